The number of hydrogen-bond donors (Lipinski definition) is 0. The Bertz CT molecular complexity index is 1640. The van der Waals surface area contributed by atoms with Crippen LogP contribution in [0.25, 0.3) is 10.8 Å². The summed E-state index contributed by atoms with van der Waals surface area (Å²) in [5.41, 5.74) is 4.51. The SMILES string of the molecule is COc1ccc2cc([C@H](C)C(=O)OCC(=O)Oc3c(C)c(C)c4c(c3C)CC[C@@](C)(CCC[C@H](C)CCC[C@H](C)CCCC(C)C)O4)ccc2c1. The quantitative estimate of drug-likeness (QED) is 0.0971. The van der Waals surface area contributed by atoms with Crippen LogP contribution < -0.4 is 14.2 Å². The monoisotopic (exact) mass is 700 g/mol. The van der Waals surface area contributed by atoms with Crippen LogP contribution in [0.5, 0.6) is 17.2 Å². The van der Waals surface area contributed by atoms with E-state index in [-0.39, 0.29) is 5.60 Å². The lowest BCUT2D eigenvalue weighted by Crippen LogP contribution is -2.37. The molecule has 0 saturated carbocycles. The first-order chi connectivity index (χ1) is 24.2. The zero-order valence-corrected chi connectivity index (χ0v) is 33.2. The van der Waals surface area contributed by atoms with Crippen LogP contribution in [0.1, 0.15) is 139 Å². The van der Waals surface area contributed by atoms with E-state index < -0.39 is 24.5 Å². The Morgan fingerprint density at radius 2 is 1.43 bits per heavy atom. The van der Waals surface area contributed by atoms with Crippen molar-refractivity contribution in [2.75, 3.05) is 13.7 Å². The van der Waals surface area contributed by atoms with Crippen molar-refractivity contribution in [1.29, 1.82) is 0 Å². The molecule has 1 aliphatic heterocycles. The molecule has 1 heterocycles. The van der Waals surface area contributed by atoms with E-state index in [0.29, 0.717) is 5.75 Å². The van der Waals surface area contributed by atoms with Crippen LogP contribution in [0.3, 0.4) is 0 Å². The van der Waals surface area contributed by atoms with Crippen LogP contribution in [-0.2, 0) is 20.7 Å². The lowest BCUT2D eigenvalue weighted by Gasteiger charge is -2.38. The first-order valence-electron chi connectivity index (χ1n) is 19.5. The van der Waals surface area contributed by atoms with E-state index in [9.17, 15) is 9.59 Å². The van der Waals surface area contributed by atoms with Gasteiger partial charge < -0.3 is 18.9 Å². The molecule has 3 aromatic rings. The molecule has 51 heavy (non-hydrogen) atoms. The molecule has 6 nitrogen and oxygen atoms in total. The lowest BCUT2D eigenvalue weighted by molar-refractivity contribution is -0.154. The zero-order chi connectivity index (χ0) is 37.3. The molecule has 0 amide bonds. The maximum Gasteiger partial charge on any atom is 0.349 e. The van der Waals surface area contributed by atoms with Gasteiger partial charge in [-0.3, -0.25) is 4.79 Å². The van der Waals surface area contributed by atoms with Crippen molar-refractivity contribution in [1.82, 2.24) is 0 Å². The number of benzene rings is 3. The third-order valence-corrected chi connectivity index (χ3v) is 11.3. The maximum atomic E-state index is 13.0. The van der Waals surface area contributed by atoms with Gasteiger partial charge in [-0.15, -0.1) is 0 Å². The fourth-order valence-corrected chi connectivity index (χ4v) is 7.59. The van der Waals surface area contributed by atoms with Crippen molar-refractivity contribution in [3.05, 3.63) is 64.2 Å². The molecule has 0 fully saturated rings. The molecule has 280 valence electrons. The van der Waals surface area contributed by atoms with Gasteiger partial charge in [0.2, 0.25) is 0 Å². The van der Waals surface area contributed by atoms with Crippen LogP contribution in [0.4, 0.5) is 0 Å². The summed E-state index contributed by atoms with van der Waals surface area (Å²) in [5.74, 6) is 3.04. The second-order valence-corrected chi connectivity index (χ2v) is 16.2. The zero-order valence-electron chi connectivity index (χ0n) is 33.2. The number of hydrogen-bond acceptors (Lipinski definition) is 6. The van der Waals surface area contributed by atoms with Crippen molar-refractivity contribution in [2.24, 2.45) is 17.8 Å². The molecule has 4 rings (SSSR count). The Hall–Kier alpha value is -3.54. The van der Waals surface area contributed by atoms with Crippen molar-refractivity contribution in [3.8, 4) is 17.2 Å². The number of carbonyl (C=O) groups excluding carboxylic acids is 2. The molecule has 6 heteroatoms. The summed E-state index contributed by atoms with van der Waals surface area (Å²) in [6, 6.07) is 11.6. The molecular formula is C45H64O6. The molecule has 0 saturated heterocycles. The highest BCUT2D eigenvalue weighted by atomic mass is 16.6. The van der Waals surface area contributed by atoms with E-state index in [1.807, 2.05) is 57.2 Å². The van der Waals surface area contributed by atoms with Gasteiger partial charge in [0.15, 0.2) is 6.61 Å². The topological polar surface area (TPSA) is 71.1 Å². The van der Waals surface area contributed by atoms with Crippen LogP contribution in [-0.4, -0.2) is 31.3 Å². The fourth-order valence-electron chi connectivity index (χ4n) is 7.59. The van der Waals surface area contributed by atoms with Gasteiger partial charge in [-0.25, -0.2) is 4.79 Å². The maximum absolute atomic E-state index is 13.0. The summed E-state index contributed by atoms with van der Waals surface area (Å²) in [6.45, 7) is 19.1. The third kappa shape index (κ3) is 11.0. The van der Waals surface area contributed by atoms with Crippen LogP contribution >= 0.6 is 0 Å². The smallest absolute Gasteiger partial charge is 0.349 e. The molecule has 4 atom stereocenters. The first-order valence-corrected chi connectivity index (χ1v) is 19.5. The Morgan fingerprint density at radius 3 is 2.10 bits per heavy atom. The molecule has 0 N–H and O–H groups in total. The first kappa shape index (κ1) is 40.2. The van der Waals surface area contributed by atoms with Crippen molar-refractivity contribution in [3.63, 3.8) is 0 Å². The van der Waals surface area contributed by atoms with Crippen LogP contribution in [0.2, 0.25) is 0 Å². The second-order valence-electron chi connectivity index (χ2n) is 16.2. The van der Waals surface area contributed by atoms with Gasteiger partial charge in [0, 0.05) is 5.56 Å². The molecule has 0 spiro atoms. The fraction of sp³-hybridized carbons (Fsp3) is 0.600. The highest BCUT2D eigenvalue weighted by molar-refractivity contribution is 5.87. The number of carbonyl (C=O) groups is 2. The largest absolute Gasteiger partial charge is 0.497 e. The molecule has 0 unspecified atom stereocenters. The molecule has 0 bridgehead atoms. The minimum absolute atomic E-state index is 0.206. The van der Waals surface area contributed by atoms with Crippen molar-refractivity contribution < 1.29 is 28.5 Å². The molecule has 1 aliphatic rings. The van der Waals surface area contributed by atoms with Gasteiger partial charge in [0.1, 0.15) is 22.8 Å². The van der Waals surface area contributed by atoms with Crippen molar-refractivity contribution >= 4 is 22.7 Å². The van der Waals surface area contributed by atoms with Gasteiger partial charge in [-0.1, -0.05) is 96.9 Å². The number of methoxy groups -OCH3 is 1. The average Bonchev–Trinajstić information content (AvgIpc) is 3.10. The summed E-state index contributed by atoms with van der Waals surface area (Å²) in [6.07, 6.45) is 13.3. The van der Waals surface area contributed by atoms with Gasteiger partial charge in [0.25, 0.3) is 0 Å². The molecule has 0 aromatic heterocycles. The molecule has 3 aromatic carbocycles. The van der Waals surface area contributed by atoms with Crippen LogP contribution in [0.15, 0.2) is 36.4 Å². The number of ether oxygens (including phenoxy) is 4. The van der Waals surface area contributed by atoms with E-state index in [1.54, 1.807) is 14.0 Å². The molecular weight excluding hydrogens is 636 g/mol. The normalized spacial score (nSPS) is 17.4. The Labute approximate surface area is 308 Å². The Balaban J connectivity index is 1.27. The number of esters is 2. The average molecular weight is 701 g/mol. The third-order valence-electron chi connectivity index (χ3n) is 11.3. The van der Waals surface area contributed by atoms with E-state index in [0.717, 1.165) is 93.5 Å². The van der Waals surface area contributed by atoms with Gasteiger partial charge in [-0.05, 0) is 123 Å². The summed E-state index contributed by atoms with van der Waals surface area (Å²) in [5, 5.41) is 2.02. The second kappa shape index (κ2) is 18.3. The predicted octanol–water partition coefficient (Wildman–Crippen LogP) is 11.5. The Kier molecular flexibility index (Phi) is 14.4. The minimum Gasteiger partial charge on any atom is -0.497 e. The van der Waals surface area contributed by atoms with Gasteiger partial charge in [0.05, 0.1) is 13.0 Å². The van der Waals surface area contributed by atoms with E-state index in [4.69, 9.17) is 18.9 Å². The molecule has 0 radical (unpaired) electrons. The summed E-state index contributed by atoms with van der Waals surface area (Å²) < 4.78 is 23.4. The highest BCUT2D eigenvalue weighted by Gasteiger charge is 2.35. The summed E-state index contributed by atoms with van der Waals surface area (Å²) >= 11 is 0. The van der Waals surface area contributed by atoms with Gasteiger partial charge in [-0.2, -0.15) is 0 Å². The van der Waals surface area contributed by atoms with Gasteiger partial charge >= 0.3 is 11.9 Å². The van der Waals surface area contributed by atoms with Crippen LogP contribution in [0, 0.1) is 38.5 Å². The lowest BCUT2D eigenvalue weighted by atomic mass is 9.83. The number of rotatable bonds is 18. The van der Waals surface area contributed by atoms with E-state index in [1.165, 1.54) is 44.9 Å². The minimum atomic E-state index is -0.594. The standard InChI is InChI=1S/C45H64O6/c1-29(2)14-11-15-30(3)16-12-17-31(4)18-13-24-45(9)25-23-40-35(8)42(32(5)33(6)43(40)51-45)50-41(46)28-49-44(47)34(7)36-19-20-38-27-39(48-10)22-21-37(38)26-36/h19-22,26-27,29-31,34H,11-18,23-25,28H2,1-10H3/t30-,31-,34+,45-/m1/s1. The van der Waals surface area contributed by atoms with Crippen molar-refractivity contribution in [2.45, 2.75) is 144 Å². The number of fused-ring (bicyclic) bond motifs is 2. The van der Waals surface area contributed by atoms with E-state index in [2.05, 4.69) is 34.6 Å². The Morgan fingerprint density at radius 1 is 0.804 bits per heavy atom. The van der Waals surface area contributed by atoms with E-state index >= 15 is 0 Å². The molecule has 0 aliphatic carbocycles. The summed E-state index contributed by atoms with van der Waals surface area (Å²) in [7, 11) is 1.64. The summed E-state index contributed by atoms with van der Waals surface area (Å²) in [4.78, 5) is 25.9. The highest BCUT2D eigenvalue weighted by Crippen LogP contribution is 2.45. The predicted molar refractivity (Wildman–Crippen MR) is 208 cm³/mol.